The Balaban J connectivity index is 1.36. The van der Waals surface area contributed by atoms with E-state index in [2.05, 4.69) is 31.0 Å². The fourth-order valence-electron chi connectivity index (χ4n) is 4.07. The zero-order chi connectivity index (χ0) is 25.6. The van der Waals surface area contributed by atoms with Crippen molar-refractivity contribution in [2.45, 2.75) is 18.9 Å². The minimum Gasteiger partial charge on any atom is -0.342 e. The van der Waals surface area contributed by atoms with Crippen molar-refractivity contribution in [2.75, 3.05) is 0 Å². The molecular formula is C27H22ClN7O2. The predicted molar refractivity (Wildman–Crippen MR) is 140 cm³/mol. The van der Waals surface area contributed by atoms with Gasteiger partial charge in [0, 0.05) is 22.0 Å². The summed E-state index contributed by atoms with van der Waals surface area (Å²) >= 11 is 6.17. The molecule has 0 unspecified atom stereocenters. The Morgan fingerprint density at radius 2 is 1.86 bits per heavy atom. The number of para-hydroxylation sites is 1. The number of H-pyrrole nitrogens is 1. The van der Waals surface area contributed by atoms with Gasteiger partial charge in [0.15, 0.2) is 5.78 Å². The molecule has 9 nitrogen and oxygen atoms in total. The summed E-state index contributed by atoms with van der Waals surface area (Å²) in [5.74, 6) is -0.538. The Morgan fingerprint density at radius 3 is 2.68 bits per heavy atom. The molecule has 0 aliphatic carbocycles. The highest BCUT2D eigenvalue weighted by atomic mass is 35.5. The van der Waals surface area contributed by atoms with Crippen LogP contribution >= 0.6 is 11.6 Å². The highest BCUT2D eigenvalue weighted by molar-refractivity contribution is 6.30. The SMILES string of the molecule is O=C(/C=C/c1cc(Cl)ccc1-n1cnnn1)N[C@@H](Cc1ccccc1)C(=O)Cc1[nH]nc2ccccc12. The third-order valence-corrected chi connectivity index (χ3v) is 6.11. The molecule has 5 rings (SSSR count). The second-order valence-electron chi connectivity index (χ2n) is 8.40. The molecule has 2 aromatic heterocycles. The fourth-order valence-corrected chi connectivity index (χ4v) is 4.25. The number of aromatic amines is 1. The number of nitrogens with one attached hydrogen (secondary N) is 2. The van der Waals surface area contributed by atoms with E-state index in [1.807, 2.05) is 54.6 Å². The molecule has 0 fully saturated rings. The summed E-state index contributed by atoms with van der Waals surface area (Å²) in [5, 5.41) is 22.7. The standard InChI is InChI=1S/C27H22ClN7O2/c28-20-11-12-25(35-17-29-33-34-35)19(15-20)10-13-27(37)30-24(14-18-6-2-1-3-7-18)26(36)16-23-21-8-4-5-9-22(21)31-32-23/h1-13,15,17,24H,14,16H2,(H,30,37)(H,31,32)/b13-10+/t24-/m0/s1. The third kappa shape index (κ3) is 5.79. The summed E-state index contributed by atoms with van der Waals surface area (Å²) in [6.07, 6.45) is 4.91. The van der Waals surface area contributed by atoms with E-state index >= 15 is 0 Å². The first kappa shape index (κ1) is 24.1. The van der Waals surface area contributed by atoms with Gasteiger partial charge in [-0.05, 0) is 52.8 Å². The number of tetrazole rings is 1. The van der Waals surface area contributed by atoms with E-state index in [-0.39, 0.29) is 12.2 Å². The number of aromatic nitrogens is 6. The monoisotopic (exact) mass is 511 g/mol. The first-order valence-electron chi connectivity index (χ1n) is 11.6. The van der Waals surface area contributed by atoms with Gasteiger partial charge in [-0.2, -0.15) is 9.78 Å². The molecule has 2 heterocycles. The van der Waals surface area contributed by atoms with E-state index in [4.69, 9.17) is 11.6 Å². The maximum Gasteiger partial charge on any atom is 0.244 e. The van der Waals surface area contributed by atoms with Crippen LogP contribution in [0.5, 0.6) is 0 Å². The number of amides is 1. The van der Waals surface area contributed by atoms with Crippen molar-refractivity contribution >= 4 is 40.3 Å². The molecule has 2 N–H and O–H groups in total. The number of carbonyl (C=O) groups excluding carboxylic acids is 2. The molecule has 1 atom stereocenters. The van der Waals surface area contributed by atoms with Crippen molar-refractivity contribution in [3.05, 3.63) is 107 Å². The van der Waals surface area contributed by atoms with E-state index in [1.165, 1.54) is 17.1 Å². The zero-order valence-electron chi connectivity index (χ0n) is 19.6. The number of hydrogen-bond acceptors (Lipinski definition) is 6. The molecule has 1 amide bonds. The molecule has 184 valence electrons. The van der Waals surface area contributed by atoms with Crippen molar-refractivity contribution in [3.8, 4) is 5.69 Å². The Morgan fingerprint density at radius 1 is 1.05 bits per heavy atom. The van der Waals surface area contributed by atoms with E-state index in [0.717, 1.165) is 16.5 Å². The van der Waals surface area contributed by atoms with E-state index in [9.17, 15) is 9.59 Å². The average molecular weight is 512 g/mol. The Hall–Kier alpha value is -4.63. The fraction of sp³-hybridized carbons (Fsp3) is 0.111. The zero-order valence-corrected chi connectivity index (χ0v) is 20.3. The first-order valence-corrected chi connectivity index (χ1v) is 11.9. The molecule has 0 saturated carbocycles. The van der Waals surface area contributed by atoms with Crippen molar-refractivity contribution in [2.24, 2.45) is 0 Å². The Bertz CT molecular complexity index is 1560. The lowest BCUT2D eigenvalue weighted by Gasteiger charge is -2.17. The molecule has 0 aliphatic rings. The van der Waals surface area contributed by atoms with Crippen LogP contribution in [0.25, 0.3) is 22.7 Å². The minimum atomic E-state index is -0.736. The topological polar surface area (TPSA) is 118 Å². The summed E-state index contributed by atoms with van der Waals surface area (Å²) in [4.78, 5) is 26.4. The largest absolute Gasteiger partial charge is 0.342 e. The normalized spacial score (nSPS) is 12.1. The third-order valence-electron chi connectivity index (χ3n) is 5.88. The molecule has 3 aromatic carbocycles. The quantitative estimate of drug-likeness (QED) is 0.291. The van der Waals surface area contributed by atoms with Crippen LogP contribution in [0.4, 0.5) is 0 Å². The molecule has 0 radical (unpaired) electrons. The van der Waals surface area contributed by atoms with Gasteiger partial charge in [0.25, 0.3) is 0 Å². The number of carbonyl (C=O) groups is 2. The van der Waals surface area contributed by atoms with Gasteiger partial charge in [0.05, 0.1) is 29.4 Å². The number of hydrogen-bond donors (Lipinski definition) is 2. The van der Waals surface area contributed by atoms with Crippen LogP contribution in [-0.2, 0) is 22.4 Å². The molecule has 0 aliphatic heterocycles. The molecule has 0 bridgehead atoms. The van der Waals surface area contributed by atoms with Gasteiger partial charge in [-0.15, -0.1) is 5.10 Å². The molecule has 37 heavy (non-hydrogen) atoms. The van der Waals surface area contributed by atoms with Gasteiger partial charge in [0.2, 0.25) is 5.91 Å². The number of nitrogens with zero attached hydrogens (tertiary/aromatic N) is 5. The second kappa shape index (κ2) is 11.0. The van der Waals surface area contributed by atoms with Gasteiger partial charge in [0.1, 0.15) is 6.33 Å². The molecular weight excluding hydrogens is 490 g/mol. The highest BCUT2D eigenvalue weighted by Crippen LogP contribution is 2.20. The van der Waals surface area contributed by atoms with Crippen molar-refractivity contribution in [1.82, 2.24) is 35.7 Å². The van der Waals surface area contributed by atoms with E-state index < -0.39 is 11.9 Å². The van der Waals surface area contributed by atoms with Crippen LogP contribution in [0.1, 0.15) is 16.8 Å². The highest BCUT2D eigenvalue weighted by Gasteiger charge is 2.22. The number of benzene rings is 3. The molecule has 0 spiro atoms. The maximum absolute atomic E-state index is 13.4. The smallest absolute Gasteiger partial charge is 0.244 e. The Kier molecular flexibility index (Phi) is 7.14. The maximum atomic E-state index is 13.4. The average Bonchev–Trinajstić information content (AvgIpc) is 3.59. The lowest BCUT2D eigenvalue weighted by Crippen LogP contribution is -2.42. The van der Waals surface area contributed by atoms with Crippen molar-refractivity contribution in [3.63, 3.8) is 0 Å². The molecule has 0 saturated heterocycles. The molecule has 5 aromatic rings. The minimum absolute atomic E-state index is 0.111. The summed E-state index contributed by atoms with van der Waals surface area (Å²) in [6, 6.07) is 21.6. The van der Waals surface area contributed by atoms with Crippen molar-refractivity contribution in [1.29, 1.82) is 0 Å². The van der Waals surface area contributed by atoms with Crippen LogP contribution in [0, 0.1) is 0 Å². The van der Waals surface area contributed by atoms with Crippen LogP contribution in [-0.4, -0.2) is 48.1 Å². The summed E-state index contributed by atoms with van der Waals surface area (Å²) in [5.41, 5.74) is 3.74. The van der Waals surface area contributed by atoms with Crippen LogP contribution in [0.2, 0.25) is 5.02 Å². The van der Waals surface area contributed by atoms with Crippen LogP contribution in [0.3, 0.4) is 0 Å². The van der Waals surface area contributed by atoms with Gasteiger partial charge in [-0.25, -0.2) is 0 Å². The van der Waals surface area contributed by atoms with Crippen molar-refractivity contribution < 1.29 is 9.59 Å². The molecule has 10 heteroatoms. The number of fused-ring (bicyclic) bond motifs is 1. The van der Waals surface area contributed by atoms with E-state index in [1.54, 1.807) is 24.3 Å². The first-order chi connectivity index (χ1) is 18.1. The van der Waals surface area contributed by atoms with Crippen LogP contribution in [0.15, 0.2) is 85.2 Å². The van der Waals surface area contributed by atoms with Gasteiger partial charge in [-0.1, -0.05) is 60.1 Å². The number of halogens is 1. The van der Waals surface area contributed by atoms with Gasteiger partial charge in [-0.3, -0.25) is 14.7 Å². The Labute approximate surface area is 217 Å². The summed E-state index contributed by atoms with van der Waals surface area (Å²) in [7, 11) is 0. The number of Topliss-reactive ketones (excluding diaryl/α,β-unsaturated/α-hetero) is 1. The van der Waals surface area contributed by atoms with Gasteiger partial charge >= 0.3 is 0 Å². The second-order valence-corrected chi connectivity index (χ2v) is 8.84. The number of ketones is 1. The van der Waals surface area contributed by atoms with Gasteiger partial charge < -0.3 is 5.32 Å². The van der Waals surface area contributed by atoms with E-state index in [0.29, 0.717) is 28.4 Å². The van der Waals surface area contributed by atoms with Crippen LogP contribution < -0.4 is 5.32 Å². The lowest BCUT2D eigenvalue weighted by atomic mass is 9.98. The number of rotatable bonds is 9. The lowest BCUT2D eigenvalue weighted by molar-refractivity contribution is -0.125. The summed E-state index contributed by atoms with van der Waals surface area (Å²) < 4.78 is 1.48. The predicted octanol–water partition coefficient (Wildman–Crippen LogP) is 3.74. The summed E-state index contributed by atoms with van der Waals surface area (Å²) in [6.45, 7) is 0.